The second kappa shape index (κ2) is 8.69. The van der Waals surface area contributed by atoms with Crippen LogP contribution in [-0.4, -0.2) is 36.6 Å². The van der Waals surface area contributed by atoms with Crippen LogP contribution in [0, 0.1) is 0 Å². The Labute approximate surface area is 174 Å². The summed E-state index contributed by atoms with van der Waals surface area (Å²) < 4.78 is 10.6. The van der Waals surface area contributed by atoms with Crippen molar-refractivity contribution in [3.8, 4) is 22.9 Å². The molecule has 1 amide bonds. The van der Waals surface area contributed by atoms with Gasteiger partial charge in [0.1, 0.15) is 5.82 Å². The van der Waals surface area contributed by atoms with Gasteiger partial charge in [-0.1, -0.05) is 30.3 Å². The van der Waals surface area contributed by atoms with E-state index in [-0.39, 0.29) is 5.91 Å². The number of nitrogens with zero attached hydrogens (tertiary/aromatic N) is 1. The lowest BCUT2D eigenvalue weighted by molar-refractivity contribution is 0.0954. The molecule has 0 fully saturated rings. The number of carbonyl (C=O) groups excluding carboxylic acids is 1. The molecule has 0 aliphatic rings. The number of methoxy groups -OCH3 is 2. The van der Waals surface area contributed by atoms with E-state index in [2.05, 4.69) is 15.3 Å². The number of nitrogens with one attached hydrogen (secondary N) is 2. The number of benzene rings is 3. The first-order chi connectivity index (χ1) is 14.7. The molecule has 0 atom stereocenters. The zero-order valence-electron chi connectivity index (χ0n) is 16.9. The summed E-state index contributed by atoms with van der Waals surface area (Å²) in [5.41, 5.74) is 4.53. The molecule has 0 aliphatic heterocycles. The van der Waals surface area contributed by atoms with Crippen LogP contribution in [0.15, 0.2) is 66.7 Å². The van der Waals surface area contributed by atoms with E-state index in [9.17, 15) is 4.79 Å². The lowest BCUT2D eigenvalue weighted by atomic mass is 10.1. The molecule has 6 nitrogen and oxygen atoms in total. The quantitative estimate of drug-likeness (QED) is 0.486. The first-order valence-electron chi connectivity index (χ1n) is 9.72. The van der Waals surface area contributed by atoms with Crippen LogP contribution in [0.1, 0.15) is 15.9 Å². The highest BCUT2D eigenvalue weighted by molar-refractivity contribution is 5.94. The fraction of sp³-hybridized carbons (Fsp3) is 0.167. The lowest BCUT2D eigenvalue weighted by Crippen LogP contribution is -2.25. The molecule has 2 N–H and O–H groups in total. The average molecular weight is 401 g/mol. The molecule has 4 aromatic rings. The molecule has 0 unspecified atom stereocenters. The van der Waals surface area contributed by atoms with Crippen LogP contribution < -0.4 is 14.8 Å². The lowest BCUT2D eigenvalue weighted by Gasteiger charge is -2.10. The van der Waals surface area contributed by atoms with Crippen molar-refractivity contribution in [1.82, 2.24) is 15.3 Å². The number of fused-ring (bicyclic) bond motifs is 1. The van der Waals surface area contributed by atoms with Crippen LogP contribution in [0.25, 0.3) is 22.4 Å². The van der Waals surface area contributed by atoms with Crippen LogP contribution in [-0.2, 0) is 6.42 Å². The smallest absolute Gasteiger partial charge is 0.251 e. The second-order valence-corrected chi connectivity index (χ2v) is 6.88. The zero-order valence-corrected chi connectivity index (χ0v) is 16.9. The Morgan fingerprint density at radius 3 is 2.47 bits per heavy atom. The number of amides is 1. The molecule has 30 heavy (non-hydrogen) atoms. The van der Waals surface area contributed by atoms with Crippen molar-refractivity contribution in [2.75, 3.05) is 20.8 Å². The summed E-state index contributed by atoms with van der Waals surface area (Å²) >= 11 is 0. The number of aromatic nitrogens is 2. The normalized spacial score (nSPS) is 10.7. The SMILES string of the molecule is COc1ccc(CCNC(=O)c2ccc(-c3nc4ccccc4[nH]3)cc2)cc1OC. The minimum Gasteiger partial charge on any atom is -0.493 e. The van der Waals surface area contributed by atoms with Gasteiger partial charge >= 0.3 is 0 Å². The Morgan fingerprint density at radius 1 is 0.967 bits per heavy atom. The largest absolute Gasteiger partial charge is 0.493 e. The monoisotopic (exact) mass is 401 g/mol. The van der Waals surface area contributed by atoms with Gasteiger partial charge in [-0.15, -0.1) is 0 Å². The van der Waals surface area contributed by atoms with Crippen LogP contribution in [0.3, 0.4) is 0 Å². The van der Waals surface area contributed by atoms with Crippen molar-refractivity contribution in [2.24, 2.45) is 0 Å². The first kappa shape index (κ1) is 19.5. The van der Waals surface area contributed by atoms with Gasteiger partial charge in [-0.25, -0.2) is 4.98 Å². The zero-order chi connectivity index (χ0) is 20.9. The minimum atomic E-state index is -0.105. The maximum Gasteiger partial charge on any atom is 0.251 e. The summed E-state index contributed by atoms with van der Waals surface area (Å²) in [6.07, 6.45) is 0.698. The van der Waals surface area contributed by atoms with Crippen molar-refractivity contribution in [1.29, 1.82) is 0 Å². The Morgan fingerprint density at radius 2 is 1.73 bits per heavy atom. The minimum absolute atomic E-state index is 0.105. The van der Waals surface area contributed by atoms with Crippen LogP contribution in [0.5, 0.6) is 11.5 Å². The average Bonchev–Trinajstić information content (AvgIpc) is 3.23. The Hall–Kier alpha value is -3.80. The number of aromatic amines is 1. The summed E-state index contributed by atoms with van der Waals surface area (Å²) in [4.78, 5) is 20.4. The molecule has 0 aliphatic carbocycles. The maximum atomic E-state index is 12.5. The maximum absolute atomic E-state index is 12.5. The van der Waals surface area contributed by atoms with E-state index < -0.39 is 0 Å². The molecule has 0 saturated carbocycles. The van der Waals surface area contributed by atoms with E-state index in [1.807, 2.05) is 66.7 Å². The van der Waals surface area contributed by atoms with Gasteiger partial charge in [0.15, 0.2) is 11.5 Å². The summed E-state index contributed by atoms with van der Waals surface area (Å²) in [7, 11) is 3.22. The summed E-state index contributed by atoms with van der Waals surface area (Å²) in [5.74, 6) is 2.06. The van der Waals surface area contributed by atoms with E-state index in [1.54, 1.807) is 14.2 Å². The first-order valence-corrected chi connectivity index (χ1v) is 9.72. The van der Waals surface area contributed by atoms with E-state index in [4.69, 9.17) is 9.47 Å². The van der Waals surface area contributed by atoms with Gasteiger partial charge in [-0.2, -0.15) is 0 Å². The highest BCUT2D eigenvalue weighted by Gasteiger charge is 2.09. The van der Waals surface area contributed by atoms with Gasteiger partial charge in [-0.3, -0.25) is 4.79 Å². The fourth-order valence-electron chi connectivity index (χ4n) is 3.33. The summed E-state index contributed by atoms with van der Waals surface area (Å²) in [5, 5.41) is 2.96. The number of carbonyl (C=O) groups is 1. The van der Waals surface area contributed by atoms with Crippen molar-refractivity contribution < 1.29 is 14.3 Å². The number of hydrogen-bond donors (Lipinski definition) is 2. The third kappa shape index (κ3) is 4.12. The van der Waals surface area contributed by atoms with Crippen LogP contribution in [0.2, 0.25) is 0 Å². The van der Waals surface area contributed by atoms with E-state index in [1.165, 1.54) is 0 Å². The molecule has 152 valence electrons. The van der Waals surface area contributed by atoms with Crippen molar-refractivity contribution in [3.05, 3.63) is 77.9 Å². The van der Waals surface area contributed by atoms with E-state index in [0.717, 1.165) is 28.0 Å². The number of ether oxygens (including phenoxy) is 2. The molecule has 1 heterocycles. The molecule has 4 rings (SSSR count). The van der Waals surface area contributed by atoms with Gasteiger partial charge in [0, 0.05) is 17.7 Å². The molecule has 6 heteroatoms. The summed E-state index contributed by atoms with van der Waals surface area (Å²) in [6, 6.07) is 21.1. The van der Waals surface area contributed by atoms with Gasteiger partial charge in [-0.05, 0) is 48.4 Å². The summed E-state index contributed by atoms with van der Waals surface area (Å²) in [6.45, 7) is 0.527. The number of para-hydroxylation sites is 2. The Kier molecular flexibility index (Phi) is 5.66. The number of imidazole rings is 1. The van der Waals surface area contributed by atoms with Crippen LogP contribution in [0.4, 0.5) is 0 Å². The number of H-pyrrole nitrogens is 1. The van der Waals surface area contributed by atoms with Gasteiger partial charge in [0.25, 0.3) is 5.91 Å². The second-order valence-electron chi connectivity index (χ2n) is 6.88. The molecule has 3 aromatic carbocycles. The molecule has 0 spiro atoms. The van der Waals surface area contributed by atoms with Crippen LogP contribution >= 0.6 is 0 Å². The van der Waals surface area contributed by atoms with Crippen molar-refractivity contribution >= 4 is 16.9 Å². The molecule has 0 radical (unpaired) electrons. The van der Waals surface area contributed by atoms with Gasteiger partial charge < -0.3 is 19.8 Å². The predicted molar refractivity (Wildman–Crippen MR) is 117 cm³/mol. The van der Waals surface area contributed by atoms with Gasteiger partial charge in [0.2, 0.25) is 0 Å². The van der Waals surface area contributed by atoms with E-state index >= 15 is 0 Å². The highest BCUT2D eigenvalue weighted by atomic mass is 16.5. The predicted octanol–water partition coefficient (Wildman–Crippen LogP) is 4.22. The molecule has 0 bridgehead atoms. The number of rotatable bonds is 7. The third-order valence-corrected chi connectivity index (χ3v) is 4.96. The standard InChI is InChI=1S/C24H23N3O3/c1-29-21-12-7-16(15-22(21)30-2)13-14-25-24(28)18-10-8-17(9-11-18)23-26-19-5-3-4-6-20(19)27-23/h3-12,15H,13-14H2,1-2H3,(H,25,28)(H,26,27). The Bertz CT molecular complexity index is 1130. The molecular weight excluding hydrogens is 378 g/mol. The molecule has 0 saturated heterocycles. The highest BCUT2D eigenvalue weighted by Crippen LogP contribution is 2.27. The Balaban J connectivity index is 1.37. The van der Waals surface area contributed by atoms with Crippen molar-refractivity contribution in [2.45, 2.75) is 6.42 Å². The van der Waals surface area contributed by atoms with Gasteiger partial charge in [0.05, 0.1) is 25.3 Å². The molecule has 1 aromatic heterocycles. The third-order valence-electron chi connectivity index (χ3n) is 4.96. The number of hydrogen-bond acceptors (Lipinski definition) is 4. The van der Waals surface area contributed by atoms with Crippen molar-refractivity contribution in [3.63, 3.8) is 0 Å². The fourth-order valence-corrected chi connectivity index (χ4v) is 3.33. The molecular formula is C24H23N3O3. The topological polar surface area (TPSA) is 76.2 Å². The van der Waals surface area contributed by atoms with E-state index in [0.29, 0.717) is 30.0 Å².